The van der Waals surface area contributed by atoms with Gasteiger partial charge in [-0.1, -0.05) is 22.0 Å². The van der Waals surface area contributed by atoms with Gasteiger partial charge in [0.2, 0.25) is 0 Å². The number of para-hydroxylation sites is 1. The van der Waals surface area contributed by atoms with E-state index in [4.69, 9.17) is 10.5 Å². The van der Waals surface area contributed by atoms with Crippen molar-refractivity contribution in [3.05, 3.63) is 58.1 Å². The molecule has 0 heterocycles. The number of nitrogen functional groups attached to an aromatic ring is 1. The fourth-order valence-corrected chi connectivity index (χ4v) is 2.01. The van der Waals surface area contributed by atoms with E-state index in [1.165, 1.54) is 6.92 Å². The minimum absolute atomic E-state index is 0. The van der Waals surface area contributed by atoms with Gasteiger partial charge in [0.05, 0.1) is 5.69 Å². The molecule has 2 N–H and O–H groups in total. The van der Waals surface area contributed by atoms with Crippen molar-refractivity contribution in [1.82, 2.24) is 0 Å². The van der Waals surface area contributed by atoms with Crippen molar-refractivity contribution in [2.75, 3.05) is 5.73 Å². The Labute approximate surface area is 154 Å². The summed E-state index contributed by atoms with van der Waals surface area (Å²) in [4.78, 5) is 23.4. The zero-order valence-corrected chi connectivity index (χ0v) is 15.3. The van der Waals surface area contributed by atoms with Gasteiger partial charge in [-0.15, -0.1) is 0 Å². The summed E-state index contributed by atoms with van der Waals surface area (Å²) in [5, 5.41) is 0. The Morgan fingerprint density at radius 2 is 1.76 bits per heavy atom. The first-order valence-electron chi connectivity index (χ1n) is 5.86. The van der Waals surface area contributed by atoms with Gasteiger partial charge >= 0.3 is 35.5 Å². The Balaban J connectivity index is 0.00000220. The normalized spacial score (nSPS) is 9.62. The van der Waals surface area contributed by atoms with Crippen LogP contribution < -0.4 is 40.0 Å². The summed E-state index contributed by atoms with van der Waals surface area (Å²) in [7, 11) is 0. The van der Waals surface area contributed by atoms with Crippen LogP contribution in [0.1, 0.15) is 24.3 Å². The second-order valence-electron chi connectivity index (χ2n) is 4.15. The number of nitrogens with two attached hydrogens (primary N) is 1. The standard InChI is InChI=1S/C15H12BrNO3.Na.H/c1-9(18)20-13-4-2-3-12(14(13)17)15(19)10-5-7-11(16)8-6-10;;/h2-8H,17H2,1H3;;/q;+1;-1. The van der Waals surface area contributed by atoms with E-state index in [2.05, 4.69) is 15.9 Å². The topological polar surface area (TPSA) is 69.4 Å². The number of ether oxygens (including phenoxy) is 1. The average Bonchev–Trinajstić information content (AvgIpc) is 2.41. The summed E-state index contributed by atoms with van der Waals surface area (Å²) in [6.07, 6.45) is 0. The van der Waals surface area contributed by atoms with Crippen molar-refractivity contribution in [3.63, 3.8) is 0 Å². The van der Waals surface area contributed by atoms with Crippen LogP contribution in [0.25, 0.3) is 0 Å². The fraction of sp³-hybridized carbons (Fsp3) is 0.0667. The summed E-state index contributed by atoms with van der Waals surface area (Å²) in [6.45, 7) is 1.28. The van der Waals surface area contributed by atoms with Crippen molar-refractivity contribution >= 4 is 33.4 Å². The minimum atomic E-state index is -0.482. The molecule has 0 aliphatic carbocycles. The molecule has 0 bridgehead atoms. The molecule has 104 valence electrons. The van der Waals surface area contributed by atoms with Crippen LogP contribution in [0.2, 0.25) is 0 Å². The predicted octanol–water partition coefficient (Wildman–Crippen LogP) is 0.304. The quantitative estimate of drug-likeness (QED) is 0.282. The van der Waals surface area contributed by atoms with E-state index >= 15 is 0 Å². The van der Waals surface area contributed by atoms with Gasteiger partial charge in [-0.3, -0.25) is 9.59 Å². The third-order valence-corrected chi connectivity index (χ3v) is 3.20. The molecule has 2 rings (SSSR count). The number of halogens is 1. The Morgan fingerprint density at radius 3 is 2.33 bits per heavy atom. The molecule has 0 aliphatic rings. The zero-order valence-electron chi connectivity index (χ0n) is 12.7. The van der Waals surface area contributed by atoms with E-state index in [1.54, 1.807) is 42.5 Å². The van der Waals surface area contributed by atoms with Crippen LogP contribution in [0, 0.1) is 0 Å². The maximum atomic E-state index is 12.4. The number of anilines is 1. The number of carbonyl (C=O) groups is 2. The van der Waals surface area contributed by atoms with Crippen LogP contribution in [-0.2, 0) is 4.79 Å². The molecule has 0 saturated carbocycles. The third-order valence-electron chi connectivity index (χ3n) is 2.67. The predicted molar refractivity (Wildman–Crippen MR) is 80.8 cm³/mol. The number of carbonyl (C=O) groups excluding carboxylic acids is 2. The molecule has 2 aromatic rings. The molecule has 0 amide bonds. The SMILES string of the molecule is CC(=O)Oc1cccc(C(=O)c2ccc(Br)cc2)c1N.[H-].[Na+]. The molecular formula is C15H13BrNNaO3. The summed E-state index contributed by atoms with van der Waals surface area (Å²) in [5.41, 5.74) is 6.88. The number of hydrogen-bond acceptors (Lipinski definition) is 4. The summed E-state index contributed by atoms with van der Waals surface area (Å²) in [5.74, 6) is -0.505. The first-order chi connectivity index (χ1) is 9.49. The molecule has 0 saturated heterocycles. The second kappa shape index (κ2) is 7.75. The van der Waals surface area contributed by atoms with Crippen molar-refractivity contribution in [3.8, 4) is 5.75 Å². The Kier molecular flexibility index (Phi) is 6.61. The number of hydrogen-bond donors (Lipinski definition) is 1. The molecule has 4 nitrogen and oxygen atoms in total. The number of esters is 1. The number of ketones is 1. The van der Waals surface area contributed by atoms with Gasteiger partial charge in [0.25, 0.3) is 0 Å². The molecule has 2 aromatic carbocycles. The Hall–Kier alpha value is -1.14. The van der Waals surface area contributed by atoms with Crippen LogP contribution >= 0.6 is 15.9 Å². The van der Waals surface area contributed by atoms with E-state index in [9.17, 15) is 9.59 Å². The molecule has 0 aromatic heterocycles. The largest absolute Gasteiger partial charge is 1.00 e. The summed E-state index contributed by atoms with van der Waals surface area (Å²) in [6, 6.07) is 11.7. The molecule has 21 heavy (non-hydrogen) atoms. The van der Waals surface area contributed by atoms with E-state index in [0.29, 0.717) is 11.1 Å². The van der Waals surface area contributed by atoms with Gasteiger partial charge in [-0.25, -0.2) is 0 Å². The van der Waals surface area contributed by atoms with Crippen LogP contribution in [0.5, 0.6) is 5.75 Å². The molecule has 0 radical (unpaired) electrons. The van der Waals surface area contributed by atoms with Crippen molar-refractivity contribution in [1.29, 1.82) is 0 Å². The third kappa shape index (κ3) is 4.41. The molecule has 0 atom stereocenters. The smallest absolute Gasteiger partial charge is 1.00 e. The van der Waals surface area contributed by atoms with Gasteiger partial charge < -0.3 is 11.9 Å². The van der Waals surface area contributed by atoms with Gasteiger partial charge in [0.15, 0.2) is 11.5 Å². The molecule has 0 aliphatic heterocycles. The van der Waals surface area contributed by atoms with E-state index < -0.39 is 5.97 Å². The maximum absolute atomic E-state index is 12.4. The van der Waals surface area contributed by atoms with Crippen molar-refractivity contribution in [2.45, 2.75) is 6.92 Å². The molecule has 0 spiro atoms. The molecule has 6 heteroatoms. The number of benzene rings is 2. The van der Waals surface area contributed by atoms with Gasteiger partial charge in [0, 0.05) is 22.5 Å². The molecule has 0 unspecified atom stereocenters. The van der Waals surface area contributed by atoms with Crippen LogP contribution in [0.3, 0.4) is 0 Å². The van der Waals surface area contributed by atoms with E-state index in [-0.39, 0.29) is 48.2 Å². The second-order valence-corrected chi connectivity index (χ2v) is 5.06. The van der Waals surface area contributed by atoms with Gasteiger partial charge in [0.1, 0.15) is 0 Å². The monoisotopic (exact) mass is 357 g/mol. The van der Waals surface area contributed by atoms with Crippen LogP contribution in [-0.4, -0.2) is 11.8 Å². The first kappa shape index (κ1) is 17.9. The minimum Gasteiger partial charge on any atom is -1.00 e. The Bertz CT molecular complexity index is 677. The van der Waals surface area contributed by atoms with Crippen molar-refractivity contribution in [2.24, 2.45) is 0 Å². The fourth-order valence-electron chi connectivity index (χ4n) is 1.74. The van der Waals surface area contributed by atoms with E-state index in [0.717, 1.165) is 4.47 Å². The van der Waals surface area contributed by atoms with E-state index in [1.807, 2.05) is 0 Å². The first-order valence-corrected chi connectivity index (χ1v) is 6.65. The van der Waals surface area contributed by atoms with Gasteiger partial charge in [-0.05, 0) is 36.4 Å². The zero-order chi connectivity index (χ0) is 14.7. The maximum Gasteiger partial charge on any atom is 1.00 e. The molecule has 0 fully saturated rings. The number of rotatable bonds is 3. The summed E-state index contributed by atoms with van der Waals surface area (Å²) >= 11 is 3.31. The van der Waals surface area contributed by atoms with Crippen LogP contribution in [0.4, 0.5) is 5.69 Å². The summed E-state index contributed by atoms with van der Waals surface area (Å²) < 4.78 is 5.85. The Morgan fingerprint density at radius 1 is 1.14 bits per heavy atom. The molecular weight excluding hydrogens is 345 g/mol. The van der Waals surface area contributed by atoms with Crippen molar-refractivity contribution < 1.29 is 45.3 Å². The van der Waals surface area contributed by atoms with Gasteiger partial charge in [-0.2, -0.15) is 0 Å². The average molecular weight is 358 g/mol. The van der Waals surface area contributed by atoms with Crippen LogP contribution in [0.15, 0.2) is 46.9 Å².